The van der Waals surface area contributed by atoms with E-state index in [-0.39, 0.29) is 17.5 Å². The Bertz CT molecular complexity index is 1680. The summed E-state index contributed by atoms with van der Waals surface area (Å²) in [6.07, 6.45) is 3.99. The van der Waals surface area contributed by atoms with E-state index < -0.39 is 23.4 Å². The number of hydrogen-bond acceptors (Lipinski definition) is 4. The molecule has 0 bridgehead atoms. The number of amides is 1. The second-order valence-corrected chi connectivity index (χ2v) is 11.1. The van der Waals surface area contributed by atoms with E-state index >= 15 is 0 Å². The summed E-state index contributed by atoms with van der Waals surface area (Å²) in [6, 6.07) is 30.1. The zero-order chi connectivity index (χ0) is 26.7. The molecule has 1 unspecified atom stereocenters. The molecule has 4 aromatic rings. The first-order chi connectivity index (χ1) is 19.0. The molecule has 7 rings (SSSR count). The molecular weight excluding hydrogens is 552 g/mol. The van der Waals surface area contributed by atoms with Crippen molar-refractivity contribution in [2.45, 2.75) is 17.5 Å². The van der Waals surface area contributed by atoms with Crippen LogP contribution in [0.4, 0.5) is 11.4 Å². The first-order valence-corrected chi connectivity index (χ1v) is 13.7. The number of carbonyl (C=O) groups is 3. The van der Waals surface area contributed by atoms with Crippen molar-refractivity contribution in [3.05, 3.63) is 136 Å². The lowest BCUT2D eigenvalue weighted by Gasteiger charge is -2.37. The molecule has 3 heterocycles. The standard InChI is InChI=1S/C33H23BrN2O3/c34-23-17-14-22(15-18-23)31(38)29-28(30(37)21-9-2-1-3-10-21)33(24-11-5-6-12-25(24)35-32(33)39)27-19-16-20-8-4-7-13-26(20)36(27)29/h1-19,27-29H,(H,35,39)/t27?,28-,29+,33+/m0/s1. The highest BCUT2D eigenvalue weighted by Gasteiger charge is 2.70. The van der Waals surface area contributed by atoms with Gasteiger partial charge in [0, 0.05) is 27.0 Å². The van der Waals surface area contributed by atoms with Gasteiger partial charge in [-0.2, -0.15) is 0 Å². The summed E-state index contributed by atoms with van der Waals surface area (Å²) in [5.74, 6) is -1.65. The Morgan fingerprint density at radius 1 is 0.769 bits per heavy atom. The summed E-state index contributed by atoms with van der Waals surface area (Å²) in [6.45, 7) is 0. The maximum Gasteiger partial charge on any atom is 0.238 e. The van der Waals surface area contributed by atoms with Gasteiger partial charge in [0.1, 0.15) is 11.5 Å². The molecule has 39 heavy (non-hydrogen) atoms. The molecule has 0 radical (unpaired) electrons. The molecule has 0 saturated carbocycles. The first kappa shape index (κ1) is 23.8. The lowest BCUT2D eigenvalue weighted by atomic mass is 9.64. The van der Waals surface area contributed by atoms with E-state index in [0.717, 1.165) is 21.3 Å². The van der Waals surface area contributed by atoms with Gasteiger partial charge in [-0.1, -0.05) is 107 Å². The maximum absolute atomic E-state index is 14.6. The molecule has 1 amide bonds. The Labute approximate surface area is 234 Å². The van der Waals surface area contributed by atoms with Crippen LogP contribution in [-0.2, 0) is 10.2 Å². The predicted octanol–water partition coefficient (Wildman–Crippen LogP) is 6.31. The minimum Gasteiger partial charge on any atom is -0.352 e. The van der Waals surface area contributed by atoms with Crippen LogP contribution in [0.25, 0.3) is 6.08 Å². The minimum absolute atomic E-state index is 0.194. The largest absolute Gasteiger partial charge is 0.352 e. The van der Waals surface area contributed by atoms with E-state index in [0.29, 0.717) is 16.8 Å². The summed E-state index contributed by atoms with van der Waals surface area (Å²) in [4.78, 5) is 45.5. The molecule has 5 nitrogen and oxygen atoms in total. The summed E-state index contributed by atoms with van der Waals surface area (Å²) in [5.41, 5.74) is 2.86. The topological polar surface area (TPSA) is 66.5 Å². The van der Waals surface area contributed by atoms with Gasteiger partial charge in [0.05, 0.1) is 12.0 Å². The van der Waals surface area contributed by atoms with Crippen LogP contribution in [0, 0.1) is 5.92 Å². The quantitative estimate of drug-likeness (QED) is 0.290. The Morgan fingerprint density at radius 3 is 2.23 bits per heavy atom. The van der Waals surface area contributed by atoms with E-state index in [4.69, 9.17) is 0 Å². The Balaban J connectivity index is 1.54. The van der Waals surface area contributed by atoms with Gasteiger partial charge >= 0.3 is 0 Å². The molecule has 1 saturated heterocycles. The molecule has 190 valence electrons. The van der Waals surface area contributed by atoms with Gasteiger partial charge in [-0.3, -0.25) is 14.4 Å². The second-order valence-electron chi connectivity index (χ2n) is 10.2. The van der Waals surface area contributed by atoms with Crippen molar-refractivity contribution in [2.24, 2.45) is 5.92 Å². The van der Waals surface area contributed by atoms with Gasteiger partial charge in [0.2, 0.25) is 5.91 Å². The van der Waals surface area contributed by atoms with Gasteiger partial charge in [-0.15, -0.1) is 0 Å². The number of nitrogens with zero attached hydrogens (tertiary/aromatic N) is 1. The zero-order valence-corrected chi connectivity index (χ0v) is 22.3. The van der Waals surface area contributed by atoms with Crippen LogP contribution >= 0.6 is 15.9 Å². The second kappa shape index (κ2) is 8.89. The smallest absolute Gasteiger partial charge is 0.238 e. The third-order valence-electron chi connectivity index (χ3n) is 8.28. The van der Waals surface area contributed by atoms with Crippen LogP contribution in [0.5, 0.6) is 0 Å². The highest BCUT2D eigenvalue weighted by molar-refractivity contribution is 9.10. The van der Waals surface area contributed by atoms with Gasteiger partial charge in [0.15, 0.2) is 11.6 Å². The number of Topliss-reactive ketones (excluding diaryl/α,β-unsaturated/α-hetero) is 2. The predicted molar refractivity (Wildman–Crippen MR) is 155 cm³/mol. The van der Waals surface area contributed by atoms with Gasteiger partial charge in [0.25, 0.3) is 0 Å². The van der Waals surface area contributed by atoms with E-state index in [2.05, 4.69) is 21.2 Å². The van der Waals surface area contributed by atoms with Crippen LogP contribution in [0.15, 0.2) is 114 Å². The highest BCUT2D eigenvalue weighted by atomic mass is 79.9. The van der Waals surface area contributed by atoms with Crippen LogP contribution in [-0.4, -0.2) is 29.6 Å². The zero-order valence-electron chi connectivity index (χ0n) is 20.8. The summed E-state index contributed by atoms with van der Waals surface area (Å²) in [7, 11) is 0. The Kier molecular flexibility index (Phi) is 5.42. The third-order valence-corrected chi connectivity index (χ3v) is 8.81. The first-order valence-electron chi connectivity index (χ1n) is 12.9. The highest BCUT2D eigenvalue weighted by Crippen LogP contribution is 2.58. The lowest BCUT2D eigenvalue weighted by molar-refractivity contribution is -0.121. The van der Waals surface area contributed by atoms with Gasteiger partial charge in [-0.25, -0.2) is 0 Å². The van der Waals surface area contributed by atoms with E-state index in [9.17, 15) is 14.4 Å². The molecule has 3 aliphatic heterocycles. The Morgan fingerprint density at radius 2 is 1.44 bits per heavy atom. The summed E-state index contributed by atoms with van der Waals surface area (Å²) >= 11 is 3.46. The van der Waals surface area contributed by atoms with Crippen molar-refractivity contribution in [2.75, 3.05) is 10.2 Å². The average Bonchev–Trinajstić information content (AvgIpc) is 3.45. The minimum atomic E-state index is -1.30. The number of benzene rings is 4. The molecule has 4 aromatic carbocycles. The SMILES string of the molecule is O=C(c1ccccc1)[C@@H]1[C@H](C(=O)c2ccc(Br)cc2)N2c3ccccc3C=CC2[C@@]12C(=O)Nc1ccccc12. The van der Waals surface area contributed by atoms with Crippen molar-refractivity contribution in [1.29, 1.82) is 0 Å². The summed E-state index contributed by atoms with van der Waals surface area (Å²) < 4.78 is 0.854. The van der Waals surface area contributed by atoms with Crippen LogP contribution in [0.3, 0.4) is 0 Å². The molecule has 1 N–H and O–H groups in total. The maximum atomic E-state index is 14.6. The van der Waals surface area contributed by atoms with Crippen LogP contribution in [0.2, 0.25) is 0 Å². The number of nitrogens with one attached hydrogen (secondary N) is 1. The van der Waals surface area contributed by atoms with E-state index in [1.54, 1.807) is 24.3 Å². The third kappa shape index (κ3) is 3.34. The Hall–Kier alpha value is -4.29. The van der Waals surface area contributed by atoms with Crippen LogP contribution < -0.4 is 10.2 Å². The van der Waals surface area contributed by atoms with Crippen LogP contribution in [0.1, 0.15) is 31.8 Å². The number of halogens is 1. The number of fused-ring (bicyclic) bond motifs is 6. The molecule has 4 atom stereocenters. The molecule has 1 fully saturated rings. The molecule has 1 spiro atoms. The molecule has 3 aliphatic rings. The van der Waals surface area contributed by atoms with Crippen molar-refractivity contribution in [3.8, 4) is 0 Å². The number of carbonyl (C=O) groups excluding carboxylic acids is 3. The van der Waals surface area contributed by atoms with Crippen molar-refractivity contribution >= 4 is 50.9 Å². The number of para-hydroxylation sites is 2. The number of hydrogen-bond donors (Lipinski definition) is 1. The van der Waals surface area contributed by atoms with E-state index in [1.165, 1.54) is 0 Å². The van der Waals surface area contributed by atoms with E-state index in [1.807, 2.05) is 95.9 Å². The lowest BCUT2D eigenvalue weighted by Crippen LogP contribution is -2.51. The van der Waals surface area contributed by atoms with Crippen molar-refractivity contribution in [3.63, 3.8) is 0 Å². The fourth-order valence-electron chi connectivity index (χ4n) is 6.69. The number of anilines is 2. The fraction of sp³-hybridized carbons (Fsp3) is 0.121. The normalized spacial score (nSPS) is 24.2. The molecule has 0 aliphatic carbocycles. The van der Waals surface area contributed by atoms with Crippen molar-refractivity contribution in [1.82, 2.24) is 0 Å². The molecular formula is C33H23BrN2O3. The number of ketones is 2. The monoisotopic (exact) mass is 574 g/mol. The molecule has 0 aromatic heterocycles. The van der Waals surface area contributed by atoms with Crippen molar-refractivity contribution < 1.29 is 14.4 Å². The van der Waals surface area contributed by atoms with Gasteiger partial charge < -0.3 is 10.2 Å². The van der Waals surface area contributed by atoms with Gasteiger partial charge in [-0.05, 0) is 35.4 Å². The molecule has 6 heteroatoms. The fourth-order valence-corrected chi connectivity index (χ4v) is 6.95. The summed E-state index contributed by atoms with van der Waals surface area (Å²) in [5, 5.41) is 3.06. The average molecular weight is 575 g/mol. The number of rotatable bonds is 4.